The first kappa shape index (κ1) is 12.3. The van der Waals surface area contributed by atoms with Gasteiger partial charge in [0, 0.05) is 11.8 Å². The zero-order valence-electron chi connectivity index (χ0n) is 6.93. The molecule has 0 saturated carbocycles. The molecule has 0 heterocycles. The van der Waals surface area contributed by atoms with Crippen LogP contribution in [0.25, 0.3) is 0 Å². The summed E-state index contributed by atoms with van der Waals surface area (Å²) in [7, 11) is 0. The molecule has 0 saturated heterocycles. The van der Waals surface area contributed by atoms with E-state index in [0.29, 0.717) is 0 Å². The van der Waals surface area contributed by atoms with Crippen molar-refractivity contribution in [2.75, 3.05) is 12.4 Å². The normalized spacial score (nSPS) is 12.0. The third-order valence-corrected chi connectivity index (χ3v) is 1.57. The SMILES string of the molecule is CCOC(=O)/C=C/CSC(F)(F)F. The molecular weight excluding hydrogens is 205 g/mol. The van der Waals surface area contributed by atoms with E-state index in [1.165, 1.54) is 0 Å². The van der Waals surface area contributed by atoms with Crippen LogP contribution in [0, 0.1) is 0 Å². The van der Waals surface area contributed by atoms with Gasteiger partial charge in [-0.1, -0.05) is 6.08 Å². The van der Waals surface area contributed by atoms with Crippen molar-refractivity contribution in [1.29, 1.82) is 0 Å². The van der Waals surface area contributed by atoms with Gasteiger partial charge in [-0.15, -0.1) is 0 Å². The van der Waals surface area contributed by atoms with Crippen molar-refractivity contribution < 1.29 is 22.7 Å². The predicted molar refractivity (Wildman–Crippen MR) is 44.3 cm³/mol. The maximum atomic E-state index is 11.5. The summed E-state index contributed by atoms with van der Waals surface area (Å²) in [6, 6.07) is 0. The Morgan fingerprint density at radius 3 is 2.62 bits per heavy atom. The molecule has 76 valence electrons. The van der Waals surface area contributed by atoms with Crippen LogP contribution in [0.1, 0.15) is 6.92 Å². The average Bonchev–Trinajstić information content (AvgIpc) is 1.97. The number of hydrogen-bond donors (Lipinski definition) is 0. The molecule has 0 fully saturated rings. The second-order valence-electron chi connectivity index (χ2n) is 1.91. The van der Waals surface area contributed by atoms with E-state index < -0.39 is 11.5 Å². The van der Waals surface area contributed by atoms with Gasteiger partial charge in [-0.25, -0.2) is 4.79 Å². The first-order valence-electron chi connectivity index (χ1n) is 3.49. The van der Waals surface area contributed by atoms with Gasteiger partial charge < -0.3 is 4.74 Å². The van der Waals surface area contributed by atoms with E-state index in [9.17, 15) is 18.0 Å². The number of alkyl halides is 3. The molecule has 0 rings (SSSR count). The summed E-state index contributed by atoms with van der Waals surface area (Å²) in [5.74, 6) is -0.896. The Morgan fingerprint density at radius 1 is 1.54 bits per heavy atom. The van der Waals surface area contributed by atoms with Gasteiger partial charge >= 0.3 is 11.5 Å². The zero-order chi connectivity index (χ0) is 10.3. The molecule has 0 aromatic rings. The van der Waals surface area contributed by atoms with E-state index in [2.05, 4.69) is 4.74 Å². The monoisotopic (exact) mass is 214 g/mol. The summed E-state index contributed by atoms with van der Waals surface area (Å²) < 4.78 is 39.1. The molecule has 0 bridgehead atoms. The van der Waals surface area contributed by atoms with Crippen molar-refractivity contribution in [3.63, 3.8) is 0 Å². The largest absolute Gasteiger partial charge is 0.463 e. The highest BCUT2D eigenvalue weighted by Gasteiger charge is 2.26. The number of esters is 1. The van der Waals surface area contributed by atoms with Crippen LogP contribution >= 0.6 is 11.8 Å². The van der Waals surface area contributed by atoms with Crippen LogP contribution in [0.2, 0.25) is 0 Å². The Morgan fingerprint density at radius 2 is 2.15 bits per heavy atom. The maximum Gasteiger partial charge on any atom is 0.442 e. The van der Waals surface area contributed by atoms with Gasteiger partial charge in [0.25, 0.3) is 0 Å². The van der Waals surface area contributed by atoms with Gasteiger partial charge in [0.15, 0.2) is 0 Å². The molecule has 0 aliphatic carbocycles. The van der Waals surface area contributed by atoms with Gasteiger partial charge in [-0.2, -0.15) is 13.2 Å². The minimum atomic E-state index is -4.25. The summed E-state index contributed by atoms with van der Waals surface area (Å²) >= 11 is -0.201. The van der Waals surface area contributed by atoms with Crippen molar-refractivity contribution >= 4 is 17.7 Å². The zero-order valence-corrected chi connectivity index (χ0v) is 7.74. The van der Waals surface area contributed by atoms with Crippen molar-refractivity contribution in [3.8, 4) is 0 Å². The molecule has 0 aliphatic rings. The number of ether oxygens (including phenoxy) is 1. The van der Waals surface area contributed by atoms with Gasteiger partial charge in [0.05, 0.1) is 6.61 Å². The molecule has 0 aliphatic heterocycles. The van der Waals surface area contributed by atoms with Crippen molar-refractivity contribution in [2.24, 2.45) is 0 Å². The molecule has 0 N–H and O–H groups in total. The topological polar surface area (TPSA) is 26.3 Å². The summed E-state index contributed by atoms with van der Waals surface area (Å²) in [5.41, 5.74) is -4.25. The highest BCUT2D eigenvalue weighted by molar-refractivity contribution is 8.00. The molecule has 0 aromatic heterocycles. The second kappa shape index (κ2) is 5.90. The Kier molecular flexibility index (Phi) is 5.61. The Bertz CT molecular complexity index is 189. The van der Waals surface area contributed by atoms with Gasteiger partial charge in [-0.05, 0) is 18.7 Å². The van der Waals surface area contributed by atoms with Gasteiger partial charge in [-0.3, -0.25) is 0 Å². The lowest BCUT2D eigenvalue weighted by atomic mass is 10.5. The standard InChI is InChI=1S/C7H9F3O2S/c1-2-12-6(11)4-3-5-13-7(8,9)10/h3-4H,2,5H2,1H3/b4-3+. The fourth-order valence-electron chi connectivity index (χ4n) is 0.477. The van der Waals surface area contributed by atoms with E-state index in [4.69, 9.17) is 0 Å². The lowest BCUT2D eigenvalue weighted by Gasteiger charge is -2.01. The average molecular weight is 214 g/mol. The number of thioether (sulfide) groups is 1. The third kappa shape index (κ3) is 9.26. The highest BCUT2D eigenvalue weighted by Crippen LogP contribution is 2.29. The lowest BCUT2D eigenvalue weighted by Crippen LogP contribution is -2.01. The summed E-state index contributed by atoms with van der Waals surface area (Å²) in [4.78, 5) is 10.6. The van der Waals surface area contributed by atoms with Crippen molar-refractivity contribution in [1.82, 2.24) is 0 Å². The number of hydrogen-bond acceptors (Lipinski definition) is 3. The molecule has 6 heteroatoms. The molecule has 0 aromatic carbocycles. The molecule has 2 nitrogen and oxygen atoms in total. The summed E-state index contributed by atoms with van der Waals surface area (Å²) in [6.07, 6.45) is 2.11. The Hall–Kier alpha value is -0.650. The summed E-state index contributed by atoms with van der Waals surface area (Å²) in [5, 5.41) is 0. The van der Waals surface area contributed by atoms with E-state index in [0.717, 1.165) is 12.2 Å². The lowest BCUT2D eigenvalue weighted by molar-refractivity contribution is -0.137. The van der Waals surface area contributed by atoms with E-state index in [1.807, 2.05) is 0 Å². The molecular formula is C7H9F3O2S. The molecule has 0 spiro atoms. The fourth-order valence-corrected chi connectivity index (χ4v) is 0.859. The van der Waals surface area contributed by atoms with Crippen LogP contribution in [0.3, 0.4) is 0 Å². The van der Waals surface area contributed by atoms with E-state index in [-0.39, 0.29) is 24.1 Å². The predicted octanol–water partition coefficient (Wildman–Crippen LogP) is 2.36. The number of carbonyl (C=O) groups is 1. The first-order valence-corrected chi connectivity index (χ1v) is 4.48. The molecule has 0 unspecified atom stereocenters. The number of rotatable bonds is 4. The number of carbonyl (C=O) groups excluding carboxylic acids is 1. The molecule has 0 amide bonds. The minimum absolute atomic E-state index is 0.201. The van der Waals surface area contributed by atoms with E-state index in [1.54, 1.807) is 6.92 Å². The maximum absolute atomic E-state index is 11.5. The minimum Gasteiger partial charge on any atom is -0.463 e. The van der Waals surface area contributed by atoms with Crippen molar-refractivity contribution in [2.45, 2.75) is 12.4 Å². The van der Waals surface area contributed by atoms with E-state index >= 15 is 0 Å². The second-order valence-corrected chi connectivity index (χ2v) is 3.00. The Labute approximate surface area is 78.1 Å². The first-order chi connectivity index (χ1) is 5.95. The third-order valence-electron chi connectivity index (χ3n) is 0.884. The van der Waals surface area contributed by atoms with Crippen LogP contribution in [0.4, 0.5) is 13.2 Å². The van der Waals surface area contributed by atoms with Gasteiger partial charge in [0.2, 0.25) is 0 Å². The summed E-state index contributed by atoms with van der Waals surface area (Å²) in [6.45, 7) is 1.84. The fraction of sp³-hybridized carbons (Fsp3) is 0.571. The Balaban J connectivity index is 3.58. The number of halogens is 3. The molecule has 0 atom stereocenters. The van der Waals surface area contributed by atoms with Crippen molar-refractivity contribution in [3.05, 3.63) is 12.2 Å². The molecule has 0 radical (unpaired) electrons. The highest BCUT2D eigenvalue weighted by atomic mass is 32.2. The van der Waals surface area contributed by atoms with Crippen LogP contribution < -0.4 is 0 Å². The van der Waals surface area contributed by atoms with Crippen LogP contribution in [-0.2, 0) is 9.53 Å². The smallest absolute Gasteiger partial charge is 0.442 e. The van der Waals surface area contributed by atoms with Crippen LogP contribution in [0.5, 0.6) is 0 Å². The quantitative estimate of drug-likeness (QED) is 0.530. The molecule has 13 heavy (non-hydrogen) atoms. The van der Waals surface area contributed by atoms with Crippen LogP contribution in [-0.4, -0.2) is 23.8 Å². The van der Waals surface area contributed by atoms with Gasteiger partial charge in [0.1, 0.15) is 0 Å². The van der Waals surface area contributed by atoms with Crippen LogP contribution in [0.15, 0.2) is 12.2 Å².